The summed E-state index contributed by atoms with van der Waals surface area (Å²) in [7, 11) is -3.48. The molecule has 1 aromatic rings. The summed E-state index contributed by atoms with van der Waals surface area (Å²) in [5, 5.41) is 0.288. The molecule has 0 aliphatic carbocycles. The smallest absolute Gasteiger partial charge is 0.242 e. The summed E-state index contributed by atoms with van der Waals surface area (Å²) in [6.07, 6.45) is 3.36. The topological polar surface area (TPSA) is 62.3 Å². The van der Waals surface area contributed by atoms with Gasteiger partial charge in [0.05, 0.1) is 0 Å². The van der Waals surface area contributed by atoms with Gasteiger partial charge in [0.25, 0.3) is 0 Å². The molecule has 0 saturated carbocycles. The van der Waals surface area contributed by atoms with Gasteiger partial charge in [0.1, 0.15) is 10.0 Å². The molecule has 7 heteroatoms. The Morgan fingerprint density at radius 2 is 2.10 bits per heavy atom. The third-order valence-electron chi connectivity index (χ3n) is 3.73. The number of sulfonamides is 1. The van der Waals surface area contributed by atoms with Crippen molar-refractivity contribution in [1.29, 1.82) is 0 Å². The molecule has 0 spiro atoms. The minimum atomic E-state index is -3.48. The second kappa shape index (κ2) is 6.85. The van der Waals surface area contributed by atoms with Crippen LogP contribution < -0.4 is 4.72 Å². The van der Waals surface area contributed by atoms with Crippen molar-refractivity contribution in [3.05, 3.63) is 23.5 Å². The van der Waals surface area contributed by atoms with E-state index in [4.69, 9.17) is 11.6 Å². The van der Waals surface area contributed by atoms with Crippen molar-refractivity contribution in [2.75, 3.05) is 26.2 Å². The van der Waals surface area contributed by atoms with Gasteiger partial charge in [0.2, 0.25) is 10.0 Å². The molecule has 1 saturated heterocycles. The Balaban J connectivity index is 1.88. The van der Waals surface area contributed by atoms with Gasteiger partial charge in [0.15, 0.2) is 0 Å². The molecule has 1 aromatic heterocycles. The van der Waals surface area contributed by atoms with E-state index in [-0.39, 0.29) is 10.0 Å². The van der Waals surface area contributed by atoms with Gasteiger partial charge in [-0.15, -0.1) is 0 Å². The summed E-state index contributed by atoms with van der Waals surface area (Å²) in [5.74, 6) is 0.410. The average molecular weight is 318 g/mol. The molecule has 0 aromatic carbocycles. The third-order valence-corrected chi connectivity index (χ3v) is 5.36. The summed E-state index contributed by atoms with van der Waals surface area (Å²) in [4.78, 5) is 6.34. The van der Waals surface area contributed by atoms with Gasteiger partial charge in [0, 0.05) is 12.7 Å². The predicted octanol–water partition coefficient (Wildman–Crippen LogP) is 1.75. The summed E-state index contributed by atoms with van der Waals surface area (Å²) in [6.45, 7) is 5.80. The Bertz CT molecular complexity index is 525. The zero-order valence-electron chi connectivity index (χ0n) is 11.5. The molecule has 0 radical (unpaired) electrons. The third kappa shape index (κ3) is 4.15. The molecule has 112 valence electrons. The molecule has 0 atom stereocenters. The van der Waals surface area contributed by atoms with Crippen LogP contribution in [-0.2, 0) is 10.0 Å². The quantitative estimate of drug-likeness (QED) is 0.840. The molecular formula is C13H20ClN3O2S. The second-order valence-corrected chi connectivity index (χ2v) is 7.20. The van der Waals surface area contributed by atoms with E-state index in [9.17, 15) is 8.42 Å². The van der Waals surface area contributed by atoms with Crippen LogP contribution in [0, 0.1) is 5.92 Å². The minimum absolute atomic E-state index is 0.160. The molecule has 0 bridgehead atoms. The minimum Gasteiger partial charge on any atom is -0.304 e. The monoisotopic (exact) mass is 317 g/mol. The Hall–Kier alpha value is -0.690. The molecule has 1 fully saturated rings. The summed E-state index contributed by atoms with van der Waals surface area (Å²) >= 11 is 5.66. The van der Waals surface area contributed by atoms with E-state index < -0.39 is 10.0 Å². The Morgan fingerprint density at radius 3 is 2.65 bits per heavy atom. The number of rotatable bonds is 5. The lowest BCUT2D eigenvalue weighted by molar-refractivity contribution is 0.194. The number of hydrogen-bond acceptors (Lipinski definition) is 4. The highest BCUT2D eigenvalue weighted by Gasteiger charge is 2.21. The van der Waals surface area contributed by atoms with Crippen molar-refractivity contribution < 1.29 is 8.42 Å². The first kappa shape index (κ1) is 15.7. The van der Waals surface area contributed by atoms with Gasteiger partial charge in [-0.2, -0.15) is 0 Å². The number of pyridine rings is 1. The Morgan fingerprint density at radius 1 is 1.40 bits per heavy atom. The number of piperidine rings is 1. The van der Waals surface area contributed by atoms with Crippen LogP contribution in [0.2, 0.25) is 5.15 Å². The SMILES string of the molecule is CCN1CCC(CNS(=O)(=O)c2ccc(Cl)nc2)CC1. The number of nitrogens with zero attached hydrogens (tertiary/aromatic N) is 2. The van der Waals surface area contributed by atoms with Gasteiger partial charge in [-0.3, -0.25) is 0 Å². The lowest BCUT2D eigenvalue weighted by atomic mass is 9.97. The molecule has 20 heavy (non-hydrogen) atoms. The lowest BCUT2D eigenvalue weighted by Crippen LogP contribution is -2.38. The van der Waals surface area contributed by atoms with Crippen LogP contribution in [0.15, 0.2) is 23.2 Å². The maximum Gasteiger partial charge on any atom is 0.242 e. The van der Waals surface area contributed by atoms with Crippen molar-refractivity contribution >= 4 is 21.6 Å². The van der Waals surface area contributed by atoms with Crippen molar-refractivity contribution in [3.8, 4) is 0 Å². The maximum absolute atomic E-state index is 12.1. The normalized spacial score (nSPS) is 18.3. The Kier molecular flexibility index (Phi) is 5.37. The largest absolute Gasteiger partial charge is 0.304 e. The lowest BCUT2D eigenvalue weighted by Gasteiger charge is -2.30. The fraction of sp³-hybridized carbons (Fsp3) is 0.615. The highest BCUT2D eigenvalue weighted by molar-refractivity contribution is 7.89. The number of nitrogens with one attached hydrogen (secondary N) is 1. The molecule has 1 aliphatic rings. The van der Waals surface area contributed by atoms with E-state index in [1.807, 2.05) is 0 Å². The first-order valence-electron chi connectivity index (χ1n) is 6.85. The highest BCUT2D eigenvalue weighted by Crippen LogP contribution is 2.17. The van der Waals surface area contributed by atoms with E-state index in [1.54, 1.807) is 0 Å². The average Bonchev–Trinajstić information content (AvgIpc) is 2.46. The summed E-state index contributed by atoms with van der Waals surface area (Å²) in [5.41, 5.74) is 0. The molecule has 0 amide bonds. The van der Waals surface area contributed by atoms with Crippen LogP contribution in [-0.4, -0.2) is 44.5 Å². The van der Waals surface area contributed by atoms with Crippen LogP contribution in [0.4, 0.5) is 0 Å². The molecule has 5 nitrogen and oxygen atoms in total. The standard InChI is InChI=1S/C13H20ClN3O2S/c1-2-17-7-5-11(6-8-17)9-16-20(18,19)12-3-4-13(14)15-10-12/h3-4,10-11,16H,2,5-9H2,1H3. The fourth-order valence-electron chi connectivity index (χ4n) is 2.34. The molecule has 0 unspecified atom stereocenters. The van der Waals surface area contributed by atoms with Crippen LogP contribution in [0.5, 0.6) is 0 Å². The Labute approximate surface area is 125 Å². The van der Waals surface area contributed by atoms with E-state index in [0.29, 0.717) is 12.5 Å². The van der Waals surface area contributed by atoms with Gasteiger partial charge in [-0.25, -0.2) is 18.1 Å². The van der Waals surface area contributed by atoms with E-state index in [0.717, 1.165) is 32.5 Å². The second-order valence-electron chi connectivity index (χ2n) is 5.05. The van der Waals surface area contributed by atoms with Crippen LogP contribution in [0.25, 0.3) is 0 Å². The van der Waals surface area contributed by atoms with Gasteiger partial charge in [-0.05, 0) is 50.5 Å². The van der Waals surface area contributed by atoms with Gasteiger partial charge >= 0.3 is 0 Å². The maximum atomic E-state index is 12.1. The summed E-state index contributed by atoms with van der Waals surface area (Å²) in [6, 6.07) is 2.95. The van der Waals surface area contributed by atoms with E-state index in [1.165, 1.54) is 18.3 Å². The van der Waals surface area contributed by atoms with Crippen molar-refractivity contribution in [3.63, 3.8) is 0 Å². The molecule has 1 aliphatic heterocycles. The zero-order chi connectivity index (χ0) is 14.6. The fourth-order valence-corrected chi connectivity index (χ4v) is 3.51. The number of halogens is 1. The van der Waals surface area contributed by atoms with Gasteiger partial charge in [-0.1, -0.05) is 18.5 Å². The highest BCUT2D eigenvalue weighted by atomic mass is 35.5. The van der Waals surface area contributed by atoms with Gasteiger partial charge < -0.3 is 4.90 Å². The number of likely N-dealkylation sites (tertiary alicyclic amines) is 1. The molecular weight excluding hydrogens is 298 g/mol. The first-order valence-corrected chi connectivity index (χ1v) is 8.71. The molecule has 2 rings (SSSR count). The summed E-state index contributed by atoms with van der Waals surface area (Å²) < 4.78 is 26.9. The zero-order valence-corrected chi connectivity index (χ0v) is 13.1. The predicted molar refractivity (Wildman–Crippen MR) is 79.3 cm³/mol. The van der Waals surface area contributed by atoms with E-state index >= 15 is 0 Å². The van der Waals surface area contributed by atoms with Crippen LogP contribution >= 0.6 is 11.6 Å². The number of hydrogen-bond donors (Lipinski definition) is 1. The van der Waals surface area contributed by atoms with Crippen molar-refractivity contribution in [2.24, 2.45) is 5.92 Å². The van der Waals surface area contributed by atoms with E-state index in [2.05, 4.69) is 21.5 Å². The van der Waals surface area contributed by atoms with Crippen LogP contribution in [0.1, 0.15) is 19.8 Å². The molecule has 1 N–H and O–H groups in total. The molecule has 2 heterocycles. The van der Waals surface area contributed by atoms with Crippen LogP contribution in [0.3, 0.4) is 0 Å². The first-order chi connectivity index (χ1) is 9.51. The number of aromatic nitrogens is 1. The van der Waals surface area contributed by atoms with Crippen molar-refractivity contribution in [2.45, 2.75) is 24.7 Å². The van der Waals surface area contributed by atoms with Crippen molar-refractivity contribution in [1.82, 2.24) is 14.6 Å².